The third-order valence-electron chi connectivity index (χ3n) is 6.41. The number of amides is 3. The number of nitrogens with zero attached hydrogens (tertiary/aromatic N) is 2. The van der Waals surface area contributed by atoms with Crippen LogP contribution in [0.25, 0.3) is 0 Å². The van der Waals surface area contributed by atoms with Crippen LogP contribution in [0.4, 0.5) is 0 Å². The minimum absolute atomic E-state index is 0.00327. The molecule has 1 aliphatic rings. The molecular weight excluding hydrogens is 390 g/mol. The third kappa shape index (κ3) is 6.55. The number of unbranched alkanes of at least 4 members (excludes halogenated alkanes) is 1. The van der Waals surface area contributed by atoms with Crippen LogP contribution in [-0.2, 0) is 20.8 Å². The molecule has 1 aromatic carbocycles. The number of hydrogen-bond donors (Lipinski definition) is 1. The summed E-state index contributed by atoms with van der Waals surface area (Å²) in [6, 6.07) is 9.02. The monoisotopic (exact) mass is 429 g/mol. The second kappa shape index (κ2) is 11.9. The van der Waals surface area contributed by atoms with Crippen molar-refractivity contribution in [1.29, 1.82) is 0 Å². The Morgan fingerprint density at radius 2 is 1.84 bits per heavy atom. The molecule has 6 nitrogen and oxygen atoms in total. The van der Waals surface area contributed by atoms with E-state index in [4.69, 9.17) is 0 Å². The van der Waals surface area contributed by atoms with Gasteiger partial charge in [-0.1, -0.05) is 77.3 Å². The normalized spacial score (nSPS) is 19.3. The summed E-state index contributed by atoms with van der Waals surface area (Å²) in [6.07, 6.45) is 4.50. The molecule has 1 heterocycles. The zero-order chi connectivity index (χ0) is 23.0. The van der Waals surface area contributed by atoms with Crippen molar-refractivity contribution in [3.8, 4) is 0 Å². The fourth-order valence-corrected chi connectivity index (χ4v) is 4.27. The molecule has 0 aliphatic carbocycles. The Morgan fingerprint density at radius 3 is 2.42 bits per heavy atom. The average Bonchev–Trinajstić information content (AvgIpc) is 3.10. The minimum atomic E-state index is -0.606. The second-order valence-corrected chi connectivity index (χ2v) is 8.91. The summed E-state index contributed by atoms with van der Waals surface area (Å²) < 4.78 is 0. The Kier molecular flexibility index (Phi) is 9.53. The minimum Gasteiger partial charge on any atom is -0.344 e. The Labute approximate surface area is 187 Å². The fourth-order valence-electron chi connectivity index (χ4n) is 4.27. The summed E-state index contributed by atoms with van der Waals surface area (Å²) in [5.41, 5.74) is 1.17. The highest BCUT2D eigenvalue weighted by molar-refractivity contribution is 5.94. The number of rotatable bonds is 11. The molecule has 0 radical (unpaired) electrons. The van der Waals surface area contributed by atoms with Crippen LogP contribution >= 0.6 is 0 Å². The summed E-state index contributed by atoms with van der Waals surface area (Å²) in [4.78, 5) is 42.2. The van der Waals surface area contributed by atoms with E-state index < -0.39 is 12.1 Å². The van der Waals surface area contributed by atoms with Gasteiger partial charge in [-0.05, 0) is 30.2 Å². The molecule has 0 aromatic heterocycles. The molecule has 0 bridgehead atoms. The van der Waals surface area contributed by atoms with Gasteiger partial charge in [-0.15, -0.1) is 0 Å². The summed E-state index contributed by atoms with van der Waals surface area (Å²) >= 11 is 0. The molecule has 1 aromatic rings. The van der Waals surface area contributed by atoms with Crippen molar-refractivity contribution >= 4 is 17.7 Å². The van der Waals surface area contributed by atoms with Crippen molar-refractivity contribution in [3.05, 3.63) is 35.9 Å². The molecule has 6 heteroatoms. The second-order valence-electron chi connectivity index (χ2n) is 8.91. The van der Waals surface area contributed by atoms with E-state index in [1.165, 1.54) is 12.5 Å². The first-order valence-corrected chi connectivity index (χ1v) is 11.7. The fraction of sp³-hybridized carbons (Fsp3) is 0.640. The molecule has 2 unspecified atom stereocenters. The SMILES string of the molecule is CCCCC(C)[C@@H]1C(=O)N(CCc2ccccc2)CN1C(=O)[C@H](NC(C)=O)C(C)CC. The van der Waals surface area contributed by atoms with E-state index in [-0.39, 0.29) is 36.2 Å². The average molecular weight is 430 g/mol. The van der Waals surface area contributed by atoms with Crippen molar-refractivity contribution in [2.45, 2.75) is 78.8 Å². The highest BCUT2D eigenvalue weighted by Crippen LogP contribution is 2.27. The largest absolute Gasteiger partial charge is 0.344 e. The van der Waals surface area contributed by atoms with Gasteiger partial charge in [0, 0.05) is 13.5 Å². The van der Waals surface area contributed by atoms with Crippen molar-refractivity contribution in [1.82, 2.24) is 15.1 Å². The maximum atomic E-state index is 13.6. The van der Waals surface area contributed by atoms with Gasteiger partial charge < -0.3 is 15.1 Å². The molecule has 4 atom stereocenters. The third-order valence-corrected chi connectivity index (χ3v) is 6.41. The van der Waals surface area contributed by atoms with Gasteiger partial charge in [0.15, 0.2) is 0 Å². The van der Waals surface area contributed by atoms with Crippen LogP contribution in [-0.4, -0.2) is 52.8 Å². The lowest BCUT2D eigenvalue weighted by atomic mass is 9.92. The Bertz CT molecular complexity index is 737. The van der Waals surface area contributed by atoms with Crippen LogP contribution in [0, 0.1) is 11.8 Å². The van der Waals surface area contributed by atoms with E-state index in [9.17, 15) is 14.4 Å². The van der Waals surface area contributed by atoms with E-state index in [2.05, 4.69) is 31.3 Å². The molecule has 3 amide bonds. The first-order valence-electron chi connectivity index (χ1n) is 11.7. The molecule has 1 saturated heterocycles. The lowest BCUT2D eigenvalue weighted by Crippen LogP contribution is -2.54. The lowest BCUT2D eigenvalue weighted by molar-refractivity contribution is -0.141. The molecule has 1 fully saturated rings. The molecule has 31 heavy (non-hydrogen) atoms. The van der Waals surface area contributed by atoms with Crippen molar-refractivity contribution in [3.63, 3.8) is 0 Å². The van der Waals surface area contributed by atoms with Gasteiger partial charge in [0.1, 0.15) is 12.1 Å². The van der Waals surface area contributed by atoms with E-state index in [0.29, 0.717) is 6.54 Å². The van der Waals surface area contributed by atoms with E-state index in [1.54, 1.807) is 9.80 Å². The van der Waals surface area contributed by atoms with Gasteiger partial charge >= 0.3 is 0 Å². The van der Waals surface area contributed by atoms with E-state index in [0.717, 1.165) is 32.1 Å². The molecule has 0 saturated carbocycles. The molecule has 0 spiro atoms. The topological polar surface area (TPSA) is 69.7 Å². The molecule has 172 valence electrons. The Hall–Kier alpha value is -2.37. The van der Waals surface area contributed by atoms with Crippen LogP contribution in [0.5, 0.6) is 0 Å². The number of carbonyl (C=O) groups excluding carboxylic acids is 3. The van der Waals surface area contributed by atoms with Crippen molar-refractivity contribution in [2.75, 3.05) is 13.2 Å². The number of carbonyl (C=O) groups is 3. The molecule has 1 N–H and O–H groups in total. The van der Waals surface area contributed by atoms with Gasteiger partial charge in [0.25, 0.3) is 0 Å². The standard InChI is InChI=1S/C25H39N3O3/c1-6-8-12-19(4)23-25(31)27(16-15-21-13-10-9-11-14-21)17-28(23)24(30)22(18(3)7-2)26-20(5)29/h9-11,13-14,18-19,22-23H,6-8,12,15-17H2,1-5H3,(H,26,29)/t18?,19?,22-,23-/m1/s1. The molecular formula is C25H39N3O3. The zero-order valence-electron chi connectivity index (χ0n) is 19.8. The first-order chi connectivity index (χ1) is 14.8. The maximum absolute atomic E-state index is 13.6. The smallest absolute Gasteiger partial charge is 0.247 e. The van der Waals surface area contributed by atoms with Crippen LogP contribution in [0.2, 0.25) is 0 Å². The van der Waals surface area contributed by atoms with Crippen LogP contribution in [0.15, 0.2) is 30.3 Å². The van der Waals surface area contributed by atoms with Gasteiger partial charge in [-0.3, -0.25) is 14.4 Å². The van der Waals surface area contributed by atoms with Crippen LogP contribution < -0.4 is 5.32 Å². The van der Waals surface area contributed by atoms with Crippen molar-refractivity contribution < 1.29 is 14.4 Å². The van der Waals surface area contributed by atoms with E-state index >= 15 is 0 Å². The Balaban J connectivity index is 2.23. The van der Waals surface area contributed by atoms with Gasteiger partial charge in [-0.25, -0.2) is 0 Å². The summed E-state index contributed by atoms with van der Waals surface area (Å²) in [5, 5.41) is 2.84. The number of nitrogens with one attached hydrogen (secondary N) is 1. The van der Waals surface area contributed by atoms with Gasteiger partial charge in [0.2, 0.25) is 17.7 Å². The maximum Gasteiger partial charge on any atom is 0.247 e. The number of hydrogen-bond acceptors (Lipinski definition) is 3. The summed E-state index contributed by atoms with van der Waals surface area (Å²) in [6.45, 7) is 10.5. The molecule has 1 aliphatic heterocycles. The summed E-state index contributed by atoms with van der Waals surface area (Å²) in [5.74, 6) is -0.266. The Morgan fingerprint density at radius 1 is 1.16 bits per heavy atom. The number of benzene rings is 1. The predicted octanol–water partition coefficient (Wildman–Crippen LogP) is 3.60. The van der Waals surface area contributed by atoms with Crippen LogP contribution in [0.3, 0.4) is 0 Å². The van der Waals surface area contributed by atoms with Crippen molar-refractivity contribution in [2.24, 2.45) is 11.8 Å². The van der Waals surface area contributed by atoms with Crippen LogP contribution in [0.1, 0.15) is 65.9 Å². The van der Waals surface area contributed by atoms with E-state index in [1.807, 2.05) is 32.0 Å². The molecule has 2 rings (SSSR count). The highest BCUT2D eigenvalue weighted by Gasteiger charge is 2.45. The summed E-state index contributed by atoms with van der Waals surface area (Å²) in [7, 11) is 0. The quantitative estimate of drug-likeness (QED) is 0.584. The highest BCUT2D eigenvalue weighted by atomic mass is 16.2. The zero-order valence-corrected chi connectivity index (χ0v) is 19.8. The van der Waals surface area contributed by atoms with Gasteiger partial charge in [0.05, 0.1) is 6.67 Å². The van der Waals surface area contributed by atoms with Gasteiger partial charge in [-0.2, -0.15) is 0 Å². The predicted molar refractivity (Wildman–Crippen MR) is 123 cm³/mol. The lowest BCUT2D eigenvalue weighted by Gasteiger charge is -2.32. The first kappa shape index (κ1) is 24.9.